The zero-order valence-electron chi connectivity index (χ0n) is 11.7. The summed E-state index contributed by atoms with van der Waals surface area (Å²) in [6, 6.07) is -0.328. The van der Waals surface area contributed by atoms with Gasteiger partial charge in [-0.1, -0.05) is 11.6 Å². The summed E-state index contributed by atoms with van der Waals surface area (Å²) in [6.45, 7) is 0.587. The Morgan fingerprint density at radius 1 is 1.29 bits per heavy atom. The smallest absolute Gasteiger partial charge is 0.261 e. The number of aromatic nitrogens is 2. The van der Waals surface area contributed by atoms with E-state index in [-0.39, 0.29) is 16.2 Å². The van der Waals surface area contributed by atoms with E-state index >= 15 is 0 Å². The number of hydrogen-bond acceptors (Lipinski definition) is 5. The third-order valence-electron chi connectivity index (χ3n) is 3.33. The minimum atomic E-state index is -3.80. The number of sulfonamides is 2. The number of nitrogens with one attached hydrogen (secondary N) is 1. The Morgan fingerprint density at radius 3 is 2.29 bits per heavy atom. The summed E-state index contributed by atoms with van der Waals surface area (Å²) in [7, 11) is -5.44. The number of piperidine rings is 1. The third-order valence-corrected chi connectivity index (χ3v) is 6.65. The first-order valence-electron chi connectivity index (χ1n) is 6.25. The lowest BCUT2D eigenvalue weighted by Gasteiger charge is -2.30. The lowest BCUT2D eigenvalue weighted by molar-refractivity contribution is 0.310. The maximum Gasteiger partial charge on any atom is 0.261 e. The maximum atomic E-state index is 12.2. The van der Waals surface area contributed by atoms with E-state index in [0.717, 1.165) is 6.26 Å². The molecule has 2 heterocycles. The molecule has 2 rings (SSSR count). The predicted octanol–water partition coefficient (Wildman–Crippen LogP) is -0.224. The van der Waals surface area contributed by atoms with Crippen LogP contribution < -0.4 is 4.72 Å². The third kappa shape index (κ3) is 3.75. The van der Waals surface area contributed by atoms with Gasteiger partial charge in [-0.25, -0.2) is 30.8 Å². The first-order valence-corrected chi connectivity index (χ1v) is 9.96. The van der Waals surface area contributed by atoms with Crippen molar-refractivity contribution in [2.24, 2.45) is 7.05 Å². The lowest BCUT2D eigenvalue weighted by Crippen LogP contribution is -2.46. The fourth-order valence-corrected chi connectivity index (χ4v) is 4.76. The van der Waals surface area contributed by atoms with E-state index in [9.17, 15) is 16.8 Å². The molecule has 1 aromatic heterocycles. The van der Waals surface area contributed by atoms with E-state index in [1.807, 2.05) is 0 Å². The van der Waals surface area contributed by atoms with Crippen LogP contribution in [0.25, 0.3) is 0 Å². The molecular weight excluding hydrogens is 340 g/mol. The summed E-state index contributed by atoms with van der Waals surface area (Å²) in [5.74, 6) is 0. The Labute approximate surface area is 129 Å². The van der Waals surface area contributed by atoms with Gasteiger partial charge in [0.1, 0.15) is 5.15 Å². The van der Waals surface area contributed by atoms with Crippen molar-refractivity contribution in [3.8, 4) is 0 Å². The average molecular weight is 357 g/mol. The number of nitrogens with zero attached hydrogens (tertiary/aromatic N) is 3. The van der Waals surface area contributed by atoms with E-state index in [2.05, 4.69) is 9.71 Å². The van der Waals surface area contributed by atoms with Gasteiger partial charge < -0.3 is 4.57 Å². The molecule has 0 amide bonds. The number of aryl methyl sites for hydroxylation is 1. The van der Waals surface area contributed by atoms with E-state index < -0.39 is 20.0 Å². The molecule has 1 aliphatic heterocycles. The first-order chi connectivity index (χ1) is 9.61. The minimum Gasteiger partial charge on any atom is -0.324 e. The molecule has 0 radical (unpaired) electrons. The van der Waals surface area contributed by atoms with Gasteiger partial charge in [0.2, 0.25) is 15.0 Å². The van der Waals surface area contributed by atoms with Crippen LogP contribution in [0.2, 0.25) is 5.15 Å². The van der Waals surface area contributed by atoms with Crippen molar-refractivity contribution in [3.05, 3.63) is 11.5 Å². The summed E-state index contributed by atoms with van der Waals surface area (Å²) < 4.78 is 52.5. The Hall–Kier alpha value is -0.680. The normalized spacial score (nSPS) is 19.0. The van der Waals surface area contributed by atoms with Crippen molar-refractivity contribution < 1.29 is 16.8 Å². The lowest BCUT2D eigenvalue weighted by atomic mass is 10.1. The molecule has 0 aromatic carbocycles. The molecule has 0 saturated carbocycles. The van der Waals surface area contributed by atoms with Crippen LogP contribution in [0, 0.1) is 0 Å². The molecule has 11 heteroatoms. The van der Waals surface area contributed by atoms with Gasteiger partial charge in [0.25, 0.3) is 10.0 Å². The summed E-state index contributed by atoms with van der Waals surface area (Å²) in [6.07, 6.45) is 3.29. The summed E-state index contributed by atoms with van der Waals surface area (Å²) >= 11 is 5.89. The molecule has 0 unspecified atom stereocenters. The highest BCUT2D eigenvalue weighted by Gasteiger charge is 2.30. The quantitative estimate of drug-likeness (QED) is 0.803. The van der Waals surface area contributed by atoms with Crippen molar-refractivity contribution in [2.75, 3.05) is 19.3 Å². The van der Waals surface area contributed by atoms with Crippen LogP contribution in [-0.4, -0.2) is 56.1 Å². The average Bonchev–Trinajstić information content (AvgIpc) is 2.69. The number of rotatable bonds is 4. The summed E-state index contributed by atoms with van der Waals surface area (Å²) in [5.41, 5.74) is 0. The van der Waals surface area contributed by atoms with Gasteiger partial charge in [-0.3, -0.25) is 0 Å². The summed E-state index contributed by atoms with van der Waals surface area (Å²) in [5, 5.41) is -0.173. The predicted molar refractivity (Wildman–Crippen MR) is 78.0 cm³/mol. The molecule has 8 nitrogen and oxygen atoms in total. The second-order valence-corrected chi connectivity index (χ2v) is 8.98. The fraction of sp³-hybridized carbons (Fsp3) is 0.700. The van der Waals surface area contributed by atoms with Gasteiger partial charge in [-0.15, -0.1) is 0 Å². The highest BCUT2D eigenvalue weighted by molar-refractivity contribution is 7.89. The van der Waals surface area contributed by atoms with Crippen molar-refractivity contribution >= 4 is 31.6 Å². The van der Waals surface area contributed by atoms with Crippen molar-refractivity contribution in [1.29, 1.82) is 0 Å². The first kappa shape index (κ1) is 16.7. The molecular formula is C10H17ClN4O4S2. The van der Waals surface area contributed by atoms with Crippen LogP contribution in [0.1, 0.15) is 12.8 Å². The molecule has 1 N–H and O–H groups in total. The van der Waals surface area contributed by atoms with Crippen LogP contribution >= 0.6 is 11.6 Å². The summed E-state index contributed by atoms with van der Waals surface area (Å²) in [4.78, 5) is 3.78. The Kier molecular flexibility index (Phi) is 4.64. The van der Waals surface area contributed by atoms with E-state index in [0.29, 0.717) is 25.9 Å². The Balaban J connectivity index is 2.05. The molecule has 1 aromatic rings. The topological polar surface area (TPSA) is 101 Å². The Bertz CT molecular complexity index is 720. The number of imidazole rings is 1. The standard InChI is InChI=1S/C10H17ClN4O4S2/c1-14-7-12-10(9(14)11)21(18,19)13-8-3-5-15(6-4-8)20(2,16)17/h7-8,13H,3-6H2,1-2H3. The van der Waals surface area contributed by atoms with Gasteiger partial charge in [-0.05, 0) is 12.8 Å². The molecule has 120 valence electrons. The van der Waals surface area contributed by atoms with Gasteiger partial charge in [0.15, 0.2) is 0 Å². The molecule has 0 atom stereocenters. The zero-order chi connectivity index (χ0) is 15.8. The SMILES string of the molecule is Cn1cnc(S(=O)(=O)NC2CCN(S(C)(=O)=O)CC2)c1Cl. The molecule has 1 fully saturated rings. The van der Waals surface area contributed by atoms with Crippen LogP contribution in [-0.2, 0) is 27.1 Å². The van der Waals surface area contributed by atoms with Gasteiger partial charge in [-0.2, -0.15) is 0 Å². The largest absolute Gasteiger partial charge is 0.324 e. The second-order valence-electron chi connectivity index (χ2n) is 5.01. The molecule has 0 spiro atoms. The van der Waals surface area contributed by atoms with Gasteiger partial charge in [0.05, 0.1) is 12.6 Å². The molecule has 1 aliphatic rings. The van der Waals surface area contributed by atoms with E-state index in [1.54, 1.807) is 7.05 Å². The maximum absolute atomic E-state index is 12.2. The van der Waals surface area contributed by atoms with Crippen molar-refractivity contribution in [3.63, 3.8) is 0 Å². The monoisotopic (exact) mass is 356 g/mol. The zero-order valence-corrected chi connectivity index (χ0v) is 14.0. The van der Waals surface area contributed by atoms with Crippen molar-refractivity contribution in [1.82, 2.24) is 18.6 Å². The fourth-order valence-electron chi connectivity index (χ4n) is 2.15. The van der Waals surface area contributed by atoms with Crippen LogP contribution in [0.5, 0.6) is 0 Å². The van der Waals surface area contributed by atoms with Crippen LogP contribution in [0.3, 0.4) is 0 Å². The highest BCUT2D eigenvalue weighted by Crippen LogP contribution is 2.20. The second kappa shape index (κ2) is 5.84. The van der Waals surface area contributed by atoms with E-state index in [1.165, 1.54) is 15.2 Å². The van der Waals surface area contributed by atoms with Gasteiger partial charge in [0, 0.05) is 26.2 Å². The number of hydrogen-bond donors (Lipinski definition) is 1. The number of halogens is 1. The minimum absolute atomic E-state index is 0.0380. The highest BCUT2D eigenvalue weighted by atomic mass is 35.5. The van der Waals surface area contributed by atoms with E-state index in [4.69, 9.17) is 11.6 Å². The van der Waals surface area contributed by atoms with Gasteiger partial charge >= 0.3 is 0 Å². The Morgan fingerprint density at radius 2 is 1.86 bits per heavy atom. The molecule has 0 bridgehead atoms. The van der Waals surface area contributed by atoms with Crippen LogP contribution in [0.15, 0.2) is 11.4 Å². The molecule has 1 saturated heterocycles. The molecule has 21 heavy (non-hydrogen) atoms. The molecule has 0 aliphatic carbocycles. The van der Waals surface area contributed by atoms with Crippen molar-refractivity contribution in [2.45, 2.75) is 23.9 Å². The van der Waals surface area contributed by atoms with Crippen LogP contribution in [0.4, 0.5) is 0 Å².